The minimum absolute atomic E-state index is 0.531. The predicted molar refractivity (Wildman–Crippen MR) is 78.0 cm³/mol. The lowest BCUT2D eigenvalue weighted by Gasteiger charge is -2.20. The van der Waals surface area contributed by atoms with Gasteiger partial charge < -0.3 is 10.3 Å². The maximum atomic E-state index is 6.15. The third-order valence-electron chi connectivity index (χ3n) is 3.33. The van der Waals surface area contributed by atoms with E-state index in [2.05, 4.69) is 43.0 Å². The lowest BCUT2D eigenvalue weighted by molar-refractivity contribution is 0.386. The number of nitrogens with one attached hydrogen (secondary N) is 2. The van der Waals surface area contributed by atoms with Gasteiger partial charge in [-0.05, 0) is 18.8 Å². The monoisotopic (exact) mass is 271 g/mol. The number of hydrogen-bond donors (Lipinski definition) is 2. The summed E-state index contributed by atoms with van der Waals surface area (Å²) in [6, 6.07) is 0.531. The molecule has 0 aliphatic heterocycles. The lowest BCUT2D eigenvalue weighted by Crippen LogP contribution is -2.32. The number of imidazole rings is 1. The van der Waals surface area contributed by atoms with Crippen molar-refractivity contribution in [3.8, 4) is 0 Å². The van der Waals surface area contributed by atoms with Crippen LogP contribution in [0.25, 0.3) is 0 Å². The minimum atomic E-state index is 0.531. The van der Waals surface area contributed by atoms with Gasteiger partial charge in [-0.3, -0.25) is 0 Å². The molecule has 104 valence electrons. The largest absolute Gasteiger partial charge is 0.344 e. The van der Waals surface area contributed by atoms with Crippen molar-refractivity contribution in [3.63, 3.8) is 0 Å². The van der Waals surface area contributed by atoms with Gasteiger partial charge in [-0.1, -0.05) is 45.7 Å². The zero-order valence-corrected chi connectivity index (χ0v) is 12.8. The topological polar surface area (TPSA) is 40.7 Å². The fourth-order valence-corrected chi connectivity index (χ4v) is 2.32. The first-order chi connectivity index (χ1) is 8.58. The van der Waals surface area contributed by atoms with Crippen molar-refractivity contribution < 1.29 is 0 Å². The van der Waals surface area contributed by atoms with Crippen LogP contribution in [0.5, 0.6) is 0 Å². The molecule has 1 rings (SSSR count). The Hall–Kier alpha value is -0.540. The average molecular weight is 272 g/mol. The second-order valence-corrected chi connectivity index (χ2v) is 5.55. The SMILES string of the molecule is CCCCc1nc(Cl)c(CNC(CC)C(C)C)[nH]1. The maximum Gasteiger partial charge on any atom is 0.151 e. The minimum Gasteiger partial charge on any atom is -0.344 e. The second kappa shape index (κ2) is 7.80. The molecule has 0 amide bonds. The Labute approximate surface area is 116 Å². The van der Waals surface area contributed by atoms with Crippen molar-refractivity contribution in [2.24, 2.45) is 5.92 Å². The molecule has 1 heterocycles. The Morgan fingerprint density at radius 1 is 1.33 bits per heavy atom. The van der Waals surface area contributed by atoms with Crippen LogP contribution in [0.3, 0.4) is 0 Å². The van der Waals surface area contributed by atoms with E-state index in [1.807, 2.05) is 0 Å². The predicted octanol–water partition coefficient (Wildman–Crippen LogP) is 3.93. The zero-order valence-electron chi connectivity index (χ0n) is 12.0. The Kier molecular flexibility index (Phi) is 6.72. The van der Waals surface area contributed by atoms with Crippen LogP contribution in [0.2, 0.25) is 5.15 Å². The first-order valence-electron chi connectivity index (χ1n) is 7.05. The van der Waals surface area contributed by atoms with Crippen LogP contribution in [0.15, 0.2) is 0 Å². The summed E-state index contributed by atoms with van der Waals surface area (Å²) in [5.41, 5.74) is 1.02. The van der Waals surface area contributed by atoms with Crippen molar-refractivity contribution in [1.82, 2.24) is 15.3 Å². The summed E-state index contributed by atoms with van der Waals surface area (Å²) < 4.78 is 0. The van der Waals surface area contributed by atoms with Crippen molar-refractivity contribution in [2.45, 2.75) is 66.0 Å². The van der Waals surface area contributed by atoms with E-state index in [9.17, 15) is 0 Å². The van der Waals surface area contributed by atoms with E-state index < -0.39 is 0 Å². The molecule has 3 nitrogen and oxygen atoms in total. The zero-order chi connectivity index (χ0) is 13.5. The fraction of sp³-hybridized carbons (Fsp3) is 0.786. The summed E-state index contributed by atoms with van der Waals surface area (Å²) in [5.74, 6) is 1.65. The molecule has 0 fully saturated rings. The summed E-state index contributed by atoms with van der Waals surface area (Å²) in [6.45, 7) is 9.64. The molecule has 1 aromatic rings. The molecule has 0 aromatic carbocycles. The van der Waals surface area contributed by atoms with E-state index in [0.29, 0.717) is 17.1 Å². The number of aromatic amines is 1. The maximum absolute atomic E-state index is 6.15. The van der Waals surface area contributed by atoms with Crippen LogP contribution < -0.4 is 5.32 Å². The number of hydrogen-bond acceptors (Lipinski definition) is 2. The van der Waals surface area contributed by atoms with Crippen LogP contribution in [0.4, 0.5) is 0 Å². The highest BCUT2D eigenvalue weighted by molar-refractivity contribution is 6.30. The molecule has 0 saturated carbocycles. The first-order valence-corrected chi connectivity index (χ1v) is 7.42. The van der Waals surface area contributed by atoms with Gasteiger partial charge >= 0.3 is 0 Å². The van der Waals surface area contributed by atoms with Crippen LogP contribution in [0, 0.1) is 5.92 Å². The number of H-pyrrole nitrogens is 1. The van der Waals surface area contributed by atoms with Gasteiger partial charge in [0.1, 0.15) is 5.82 Å². The van der Waals surface area contributed by atoms with Crippen LogP contribution in [-0.2, 0) is 13.0 Å². The Balaban J connectivity index is 2.53. The van der Waals surface area contributed by atoms with E-state index in [4.69, 9.17) is 11.6 Å². The van der Waals surface area contributed by atoms with E-state index >= 15 is 0 Å². The molecule has 1 aromatic heterocycles. The Bertz CT molecular complexity index is 347. The number of nitrogens with zero attached hydrogens (tertiary/aromatic N) is 1. The highest BCUT2D eigenvalue weighted by Crippen LogP contribution is 2.15. The smallest absolute Gasteiger partial charge is 0.151 e. The van der Waals surface area contributed by atoms with Crippen molar-refractivity contribution in [3.05, 3.63) is 16.7 Å². The number of aromatic nitrogens is 2. The highest BCUT2D eigenvalue weighted by atomic mass is 35.5. The van der Waals surface area contributed by atoms with Gasteiger partial charge in [0.15, 0.2) is 5.15 Å². The number of halogens is 1. The van der Waals surface area contributed by atoms with E-state index in [0.717, 1.165) is 37.3 Å². The van der Waals surface area contributed by atoms with Crippen LogP contribution in [-0.4, -0.2) is 16.0 Å². The molecule has 0 aliphatic rings. The van der Waals surface area contributed by atoms with Gasteiger partial charge in [0.2, 0.25) is 0 Å². The molecule has 1 unspecified atom stereocenters. The number of aryl methyl sites for hydroxylation is 1. The van der Waals surface area contributed by atoms with Crippen molar-refractivity contribution >= 4 is 11.6 Å². The quantitative estimate of drug-likeness (QED) is 0.752. The van der Waals surface area contributed by atoms with Crippen LogP contribution in [0.1, 0.15) is 58.5 Å². The molecule has 0 saturated heterocycles. The third-order valence-corrected chi connectivity index (χ3v) is 3.64. The standard InChI is InChI=1S/C14H26ClN3/c1-5-7-8-13-17-12(14(15)18-13)9-16-11(6-2)10(3)4/h10-11,16H,5-9H2,1-4H3,(H,17,18). The highest BCUT2D eigenvalue weighted by Gasteiger charge is 2.13. The third kappa shape index (κ3) is 4.62. The fourth-order valence-electron chi connectivity index (χ4n) is 2.10. The van der Waals surface area contributed by atoms with Gasteiger partial charge in [0.25, 0.3) is 0 Å². The Morgan fingerprint density at radius 2 is 2.06 bits per heavy atom. The van der Waals surface area contributed by atoms with Gasteiger partial charge in [0, 0.05) is 19.0 Å². The molecule has 0 aliphatic carbocycles. The summed E-state index contributed by atoms with van der Waals surface area (Å²) in [5, 5.41) is 4.16. The lowest BCUT2D eigenvalue weighted by atomic mass is 10.0. The second-order valence-electron chi connectivity index (χ2n) is 5.20. The number of rotatable bonds is 8. The van der Waals surface area contributed by atoms with Gasteiger partial charge in [-0.25, -0.2) is 4.98 Å². The summed E-state index contributed by atoms with van der Waals surface area (Å²) >= 11 is 6.15. The van der Waals surface area contributed by atoms with E-state index in [1.165, 1.54) is 6.42 Å². The molecule has 1 atom stereocenters. The van der Waals surface area contributed by atoms with E-state index in [1.54, 1.807) is 0 Å². The average Bonchev–Trinajstić information content (AvgIpc) is 2.68. The molecular formula is C14H26ClN3. The molecule has 0 bridgehead atoms. The van der Waals surface area contributed by atoms with E-state index in [-0.39, 0.29) is 0 Å². The summed E-state index contributed by atoms with van der Waals surface area (Å²) in [7, 11) is 0. The van der Waals surface area contributed by atoms with Crippen molar-refractivity contribution in [2.75, 3.05) is 0 Å². The van der Waals surface area contributed by atoms with Crippen LogP contribution >= 0.6 is 11.6 Å². The normalized spacial score (nSPS) is 13.2. The van der Waals surface area contributed by atoms with Gasteiger partial charge in [0.05, 0.1) is 5.69 Å². The molecule has 2 N–H and O–H groups in total. The first kappa shape index (κ1) is 15.5. The molecule has 0 spiro atoms. The molecule has 4 heteroatoms. The molecule has 18 heavy (non-hydrogen) atoms. The van der Waals surface area contributed by atoms with Gasteiger partial charge in [-0.15, -0.1) is 0 Å². The van der Waals surface area contributed by atoms with Crippen molar-refractivity contribution in [1.29, 1.82) is 0 Å². The number of unbranched alkanes of at least 4 members (excludes halogenated alkanes) is 1. The molecular weight excluding hydrogens is 246 g/mol. The summed E-state index contributed by atoms with van der Waals surface area (Å²) in [6.07, 6.45) is 4.45. The summed E-state index contributed by atoms with van der Waals surface area (Å²) in [4.78, 5) is 7.70. The van der Waals surface area contributed by atoms with Gasteiger partial charge in [-0.2, -0.15) is 0 Å². The molecule has 0 radical (unpaired) electrons. The Morgan fingerprint density at radius 3 is 2.61 bits per heavy atom.